The van der Waals surface area contributed by atoms with Gasteiger partial charge in [-0.05, 0) is 25.0 Å². The molecule has 0 aromatic heterocycles. The maximum Gasteiger partial charge on any atom is 0.303 e. The van der Waals surface area contributed by atoms with Crippen molar-refractivity contribution in [2.24, 2.45) is 4.99 Å². The predicted molar refractivity (Wildman–Crippen MR) is 102 cm³/mol. The lowest BCUT2D eigenvalue weighted by Crippen LogP contribution is -2.38. The molecule has 0 radical (unpaired) electrons. The summed E-state index contributed by atoms with van der Waals surface area (Å²) in [6.45, 7) is 3.88. The molecule has 0 aliphatic carbocycles. The zero-order valence-electron chi connectivity index (χ0n) is 14.5. The van der Waals surface area contributed by atoms with Crippen LogP contribution in [0.5, 0.6) is 0 Å². The number of carboxylic acid groups (broad SMARTS) is 1. The first-order valence-electron chi connectivity index (χ1n) is 8.24. The fraction of sp³-hybridized carbons (Fsp3) is 0.471. The number of benzene rings is 1. The van der Waals surface area contributed by atoms with Crippen LogP contribution >= 0.6 is 11.8 Å². The second kappa shape index (κ2) is 7.03. The number of anilines is 1. The van der Waals surface area contributed by atoms with Crippen molar-refractivity contribution < 1.29 is 23.1 Å². The van der Waals surface area contributed by atoms with Gasteiger partial charge in [0.1, 0.15) is 0 Å². The number of aliphatic imine (C=N–C) groups is 1. The lowest BCUT2D eigenvalue weighted by Gasteiger charge is -2.27. The highest BCUT2D eigenvalue weighted by atomic mass is 32.2. The van der Waals surface area contributed by atoms with Crippen LogP contribution in [0.15, 0.2) is 23.2 Å². The minimum atomic E-state index is -3.13. The van der Waals surface area contributed by atoms with Crippen molar-refractivity contribution in [3.05, 3.63) is 29.3 Å². The highest BCUT2D eigenvalue weighted by molar-refractivity contribution is 8.16. The van der Waals surface area contributed by atoms with Gasteiger partial charge in [-0.25, -0.2) is 8.42 Å². The zero-order valence-corrected chi connectivity index (χ0v) is 16.1. The Hall–Kier alpha value is -1.87. The molecule has 2 aliphatic rings. The van der Waals surface area contributed by atoms with Crippen LogP contribution in [0.3, 0.4) is 0 Å². The van der Waals surface area contributed by atoms with E-state index in [4.69, 9.17) is 5.11 Å². The standard InChI is InChI=1S/C17H20N2O5S2/c1-10-4-3-5-11(2)16(10)19-12-8-26(23,24)9-13(12)25-17(19)18-14(20)6-7-15(21)22/h3-5,12-13H,6-9H2,1-2H3,(H,21,22). The summed E-state index contributed by atoms with van der Waals surface area (Å²) in [5.41, 5.74) is 2.82. The van der Waals surface area contributed by atoms with E-state index in [0.29, 0.717) is 5.17 Å². The first-order valence-corrected chi connectivity index (χ1v) is 10.9. The first-order chi connectivity index (χ1) is 12.2. The zero-order chi connectivity index (χ0) is 19.1. The van der Waals surface area contributed by atoms with Crippen molar-refractivity contribution in [2.45, 2.75) is 38.0 Å². The summed E-state index contributed by atoms with van der Waals surface area (Å²) in [6, 6.07) is 5.53. The van der Waals surface area contributed by atoms with E-state index in [0.717, 1.165) is 16.8 Å². The van der Waals surface area contributed by atoms with Crippen LogP contribution in [0.1, 0.15) is 24.0 Å². The molecule has 0 saturated carbocycles. The molecule has 7 nitrogen and oxygen atoms in total. The fourth-order valence-corrected chi connectivity index (χ4v) is 7.31. The molecule has 9 heteroatoms. The van der Waals surface area contributed by atoms with E-state index in [2.05, 4.69) is 4.99 Å². The fourth-order valence-electron chi connectivity index (χ4n) is 3.39. The number of carbonyl (C=O) groups excluding carboxylic acids is 1. The van der Waals surface area contributed by atoms with Crippen LogP contribution in [-0.2, 0) is 19.4 Å². The number of carboxylic acids is 1. The number of aryl methyl sites for hydroxylation is 2. The molecule has 2 unspecified atom stereocenters. The van der Waals surface area contributed by atoms with Gasteiger partial charge < -0.3 is 10.0 Å². The second-order valence-corrected chi connectivity index (χ2v) is 9.95. The quantitative estimate of drug-likeness (QED) is 0.827. The van der Waals surface area contributed by atoms with Crippen LogP contribution in [-0.4, -0.2) is 53.4 Å². The average Bonchev–Trinajstić information content (AvgIpc) is 2.97. The number of sulfone groups is 1. The van der Waals surface area contributed by atoms with Gasteiger partial charge in [-0.2, -0.15) is 4.99 Å². The number of nitrogens with zero attached hydrogens (tertiary/aromatic N) is 2. The number of rotatable bonds is 4. The van der Waals surface area contributed by atoms with E-state index < -0.39 is 21.7 Å². The second-order valence-electron chi connectivity index (χ2n) is 6.59. The minimum Gasteiger partial charge on any atom is -0.481 e. The Bertz CT molecular complexity index is 874. The molecule has 2 atom stereocenters. The van der Waals surface area contributed by atoms with E-state index in [1.807, 2.05) is 36.9 Å². The van der Waals surface area contributed by atoms with Gasteiger partial charge in [-0.1, -0.05) is 30.0 Å². The summed E-state index contributed by atoms with van der Waals surface area (Å²) in [5.74, 6) is -1.46. The van der Waals surface area contributed by atoms with Gasteiger partial charge in [-0.3, -0.25) is 9.59 Å². The monoisotopic (exact) mass is 396 g/mol. The molecule has 0 bridgehead atoms. The predicted octanol–water partition coefficient (Wildman–Crippen LogP) is 1.77. The van der Waals surface area contributed by atoms with Gasteiger partial charge in [0.2, 0.25) is 5.91 Å². The number of amides is 1. The smallest absolute Gasteiger partial charge is 0.303 e. The van der Waals surface area contributed by atoms with Gasteiger partial charge >= 0.3 is 5.97 Å². The number of hydrogen-bond donors (Lipinski definition) is 1. The molecule has 1 aromatic rings. The van der Waals surface area contributed by atoms with Crippen molar-refractivity contribution in [1.82, 2.24) is 0 Å². The Labute approximate surface area is 156 Å². The maximum atomic E-state index is 12.1. The van der Waals surface area contributed by atoms with Gasteiger partial charge in [0, 0.05) is 17.4 Å². The summed E-state index contributed by atoms with van der Waals surface area (Å²) < 4.78 is 24.2. The van der Waals surface area contributed by atoms with Gasteiger partial charge in [0.15, 0.2) is 15.0 Å². The third-order valence-corrected chi connectivity index (χ3v) is 7.73. The van der Waals surface area contributed by atoms with Crippen molar-refractivity contribution in [3.63, 3.8) is 0 Å². The van der Waals surface area contributed by atoms with E-state index >= 15 is 0 Å². The number of para-hydroxylation sites is 1. The van der Waals surface area contributed by atoms with Crippen molar-refractivity contribution in [3.8, 4) is 0 Å². The van der Waals surface area contributed by atoms with Crippen LogP contribution in [0.4, 0.5) is 5.69 Å². The summed E-state index contributed by atoms with van der Waals surface area (Å²) in [7, 11) is -3.13. The van der Waals surface area contributed by atoms with Crippen LogP contribution in [0, 0.1) is 13.8 Å². The Balaban J connectivity index is 1.99. The van der Waals surface area contributed by atoms with E-state index in [9.17, 15) is 18.0 Å². The van der Waals surface area contributed by atoms with Crippen LogP contribution in [0.2, 0.25) is 0 Å². The molecule has 2 heterocycles. The van der Waals surface area contributed by atoms with Crippen molar-refractivity contribution >= 4 is 44.3 Å². The number of fused-ring (bicyclic) bond motifs is 1. The normalized spacial score (nSPS) is 25.5. The van der Waals surface area contributed by atoms with Crippen LogP contribution < -0.4 is 4.90 Å². The molecule has 1 N–H and O–H groups in total. The Morgan fingerprint density at radius 2 is 1.88 bits per heavy atom. The van der Waals surface area contributed by atoms with Crippen LogP contribution in [0.25, 0.3) is 0 Å². The van der Waals surface area contributed by atoms with Crippen molar-refractivity contribution in [1.29, 1.82) is 0 Å². The number of aliphatic carboxylic acids is 1. The number of carbonyl (C=O) groups is 2. The average molecular weight is 396 g/mol. The maximum absolute atomic E-state index is 12.1. The minimum absolute atomic E-state index is 0.0285. The summed E-state index contributed by atoms with van der Waals surface area (Å²) >= 11 is 1.29. The van der Waals surface area contributed by atoms with E-state index in [1.54, 1.807) is 0 Å². The van der Waals surface area contributed by atoms with Gasteiger partial charge in [0.25, 0.3) is 0 Å². The third-order valence-electron chi connectivity index (χ3n) is 4.52. The molecule has 2 fully saturated rings. The first kappa shape index (κ1) is 18.9. The molecular weight excluding hydrogens is 376 g/mol. The lowest BCUT2D eigenvalue weighted by atomic mass is 10.1. The van der Waals surface area contributed by atoms with E-state index in [-0.39, 0.29) is 35.6 Å². The molecular formula is C17H20N2O5S2. The van der Waals surface area contributed by atoms with E-state index in [1.165, 1.54) is 11.8 Å². The summed E-state index contributed by atoms with van der Waals surface area (Å²) in [4.78, 5) is 28.7. The lowest BCUT2D eigenvalue weighted by molar-refractivity contribution is -0.138. The highest BCUT2D eigenvalue weighted by Crippen LogP contribution is 2.43. The SMILES string of the molecule is Cc1cccc(C)c1N1C(=NC(=O)CCC(=O)O)SC2CS(=O)(=O)CC21. The molecule has 2 aliphatic heterocycles. The molecule has 2 saturated heterocycles. The Morgan fingerprint density at radius 3 is 2.50 bits per heavy atom. The topological polar surface area (TPSA) is 104 Å². The highest BCUT2D eigenvalue weighted by Gasteiger charge is 2.49. The van der Waals surface area contributed by atoms with Gasteiger partial charge in [0.05, 0.1) is 24.0 Å². The molecule has 26 heavy (non-hydrogen) atoms. The molecule has 1 amide bonds. The third kappa shape index (κ3) is 3.78. The summed E-state index contributed by atoms with van der Waals surface area (Å²) in [5, 5.41) is 9.02. The molecule has 1 aromatic carbocycles. The Morgan fingerprint density at radius 1 is 1.23 bits per heavy atom. The largest absolute Gasteiger partial charge is 0.481 e. The number of amidine groups is 1. The van der Waals surface area contributed by atoms with Crippen molar-refractivity contribution in [2.75, 3.05) is 16.4 Å². The number of thioether (sulfide) groups is 1. The molecule has 3 rings (SSSR count). The Kier molecular flexibility index (Phi) is 5.12. The summed E-state index contributed by atoms with van der Waals surface area (Å²) in [6.07, 6.45) is -0.446. The van der Waals surface area contributed by atoms with Gasteiger partial charge in [-0.15, -0.1) is 0 Å². The molecule has 0 spiro atoms. The number of hydrogen-bond acceptors (Lipinski definition) is 5. The molecule has 140 valence electrons.